The molecule has 0 aliphatic rings. The number of hydrogen-bond acceptors (Lipinski definition) is 2. The van der Waals surface area contributed by atoms with Crippen molar-refractivity contribution < 1.29 is 9.84 Å². The molecule has 1 N–H and O–H groups in total. The monoisotopic (exact) mass is 130 g/mol. The van der Waals surface area contributed by atoms with Crippen molar-refractivity contribution in [3.05, 3.63) is 12.2 Å². The normalized spacial score (nSPS) is 10.9. The Balaban J connectivity index is 2.75. The van der Waals surface area contributed by atoms with Gasteiger partial charge in [0.15, 0.2) is 0 Å². The Bertz CT molecular complexity index is 69.3. The zero-order valence-electron chi connectivity index (χ0n) is 5.84. The molecule has 0 fully saturated rings. The summed E-state index contributed by atoms with van der Waals surface area (Å²) in [4.78, 5) is 0. The number of allylic oxidation sites excluding steroid dienone is 1. The van der Waals surface area contributed by atoms with E-state index in [0.717, 1.165) is 6.42 Å². The molecule has 0 aromatic rings. The Hall–Kier alpha value is -0.340. The van der Waals surface area contributed by atoms with E-state index in [-0.39, 0.29) is 6.61 Å². The molecule has 2 heteroatoms. The maximum atomic E-state index is 8.32. The highest BCUT2D eigenvalue weighted by Crippen LogP contribution is 1.81. The lowest BCUT2D eigenvalue weighted by molar-refractivity contribution is 0.139. The SMILES string of the molecule is C/C=C/COCCCO. The van der Waals surface area contributed by atoms with Crippen LogP contribution in [0.5, 0.6) is 0 Å². The molecule has 0 heterocycles. The summed E-state index contributed by atoms with van der Waals surface area (Å²) in [6.45, 7) is 3.49. The number of aliphatic hydroxyl groups is 1. The fourth-order valence-electron chi connectivity index (χ4n) is 0.414. The third kappa shape index (κ3) is 7.66. The van der Waals surface area contributed by atoms with Crippen molar-refractivity contribution in [2.45, 2.75) is 13.3 Å². The van der Waals surface area contributed by atoms with Crippen LogP contribution in [0.2, 0.25) is 0 Å². The standard InChI is InChI=1S/C7H14O2/c1-2-3-6-9-7-4-5-8/h2-3,8H,4-7H2,1H3/b3-2+. The van der Waals surface area contributed by atoms with Gasteiger partial charge in [0.1, 0.15) is 0 Å². The summed E-state index contributed by atoms with van der Waals surface area (Å²) in [5.74, 6) is 0. The third-order valence-corrected chi connectivity index (χ3v) is 0.897. The Labute approximate surface area is 56.1 Å². The molecule has 0 aromatic carbocycles. The molecular formula is C7H14O2. The van der Waals surface area contributed by atoms with Gasteiger partial charge in [-0.25, -0.2) is 0 Å². The van der Waals surface area contributed by atoms with Gasteiger partial charge < -0.3 is 9.84 Å². The van der Waals surface area contributed by atoms with Crippen molar-refractivity contribution in [2.75, 3.05) is 19.8 Å². The van der Waals surface area contributed by atoms with Crippen LogP contribution in [0.25, 0.3) is 0 Å². The summed E-state index contributed by atoms with van der Waals surface area (Å²) in [7, 11) is 0. The molecule has 2 nitrogen and oxygen atoms in total. The highest BCUT2D eigenvalue weighted by molar-refractivity contribution is 4.75. The molecule has 0 radical (unpaired) electrons. The molecule has 0 rings (SSSR count). The van der Waals surface area contributed by atoms with Crippen molar-refractivity contribution in [1.82, 2.24) is 0 Å². The van der Waals surface area contributed by atoms with Crippen LogP contribution in [0.1, 0.15) is 13.3 Å². The summed E-state index contributed by atoms with van der Waals surface area (Å²) in [6.07, 6.45) is 4.62. The van der Waals surface area contributed by atoms with Gasteiger partial charge >= 0.3 is 0 Å². The molecule has 0 saturated carbocycles. The summed E-state index contributed by atoms with van der Waals surface area (Å²) in [5.41, 5.74) is 0. The van der Waals surface area contributed by atoms with Crippen molar-refractivity contribution in [3.63, 3.8) is 0 Å². The number of hydrogen-bond donors (Lipinski definition) is 1. The molecule has 0 spiro atoms. The minimum atomic E-state index is 0.218. The van der Waals surface area contributed by atoms with Crippen LogP contribution in [-0.4, -0.2) is 24.9 Å². The van der Waals surface area contributed by atoms with Gasteiger partial charge in [-0.15, -0.1) is 0 Å². The van der Waals surface area contributed by atoms with Crippen molar-refractivity contribution >= 4 is 0 Å². The molecule has 9 heavy (non-hydrogen) atoms. The third-order valence-electron chi connectivity index (χ3n) is 0.897. The zero-order chi connectivity index (χ0) is 6.95. The van der Waals surface area contributed by atoms with E-state index in [4.69, 9.17) is 9.84 Å². The number of aliphatic hydroxyl groups excluding tert-OH is 1. The van der Waals surface area contributed by atoms with Crippen LogP contribution in [0.15, 0.2) is 12.2 Å². The molecule has 0 aliphatic heterocycles. The predicted octanol–water partition coefficient (Wildman–Crippen LogP) is 0.962. The largest absolute Gasteiger partial charge is 0.396 e. The maximum absolute atomic E-state index is 8.32. The second-order valence-electron chi connectivity index (χ2n) is 1.72. The van der Waals surface area contributed by atoms with Gasteiger partial charge in [-0.1, -0.05) is 12.2 Å². The average Bonchev–Trinajstić information content (AvgIpc) is 1.89. The minimum Gasteiger partial charge on any atom is -0.396 e. The highest BCUT2D eigenvalue weighted by atomic mass is 16.5. The molecule has 0 unspecified atom stereocenters. The lowest BCUT2D eigenvalue weighted by atomic mass is 10.5. The summed E-state index contributed by atoms with van der Waals surface area (Å²) >= 11 is 0. The van der Waals surface area contributed by atoms with Crippen molar-refractivity contribution in [3.8, 4) is 0 Å². The number of rotatable bonds is 5. The first kappa shape index (κ1) is 8.66. The summed E-state index contributed by atoms with van der Waals surface area (Å²) in [5, 5.41) is 8.32. The molecule has 0 bridgehead atoms. The van der Waals surface area contributed by atoms with Crippen molar-refractivity contribution in [2.24, 2.45) is 0 Å². The van der Waals surface area contributed by atoms with Crippen molar-refractivity contribution in [1.29, 1.82) is 0 Å². The Morgan fingerprint density at radius 3 is 2.89 bits per heavy atom. The van der Waals surface area contributed by atoms with Crippen LogP contribution < -0.4 is 0 Å². The van der Waals surface area contributed by atoms with Gasteiger partial charge in [0.2, 0.25) is 0 Å². The molecular weight excluding hydrogens is 116 g/mol. The maximum Gasteiger partial charge on any atom is 0.0647 e. The van der Waals surface area contributed by atoms with E-state index in [1.165, 1.54) is 0 Å². The molecule has 0 aromatic heterocycles. The molecule has 0 amide bonds. The smallest absolute Gasteiger partial charge is 0.0647 e. The van der Waals surface area contributed by atoms with E-state index in [0.29, 0.717) is 13.2 Å². The van der Waals surface area contributed by atoms with E-state index in [1.807, 2.05) is 19.1 Å². The van der Waals surface area contributed by atoms with E-state index in [1.54, 1.807) is 0 Å². The topological polar surface area (TPSA) is 29.5 Å². The predicted molar refractivity (Wildman–Crippen MR) is 37.3 cm³/mol. The van der Waals surface area contributed by atoms with Crippen LogP contribution in [0.3, 0.4) is 0 Å². The lowest BCUT2D eigenvalue weighted by Crippen LogP contribution is -1.96. The quantitative estimate of drug-likeness (QED) is 0.443. The van der Waals surface area contributed by atoms with E-state index in [9.17, 15) is 0 Å². The summed E-state index contributed by atoms with van der Waals surface area (Å²) in [6, 6.07) is 0. The van der Waals surface area contributed by atoms with Gasteiger partial charge in [-0.3, -0.25) is 0 Å². The van der Waals surface area contributed by atoms with E-state index >= 15 is 0 Å². The zero-order valence-corrected chi connectivity index (χ0v) is 5.84. The highest BCUT2D eigenvalue weighted by Gasteiger charge is 1.81. The Morgan fingerprint density at radius 1 is 1.56 bits per heavy atom. The fraction of sp³-hybridized carbons (Fsp3) is 0.714. The van der Waals surface area contributed by atoms with Gasteiger partial charge in [-0.2, -0.15) is 0 Å². The van der Waals surface area contributed by atoms with E-state index in [2.05, 4.69) is 0 Å². The second kappa shape index (κ2) is 7.66. The fourth-order valence-corrected chi connectivity index (χ4v) is 0.414. The van der Waals surface area contributed by atoms with Gasteiger partial charge in [0, 0.05) is 13.2 Å². The minimum absolute atomic E-state index is 0.218. The molecule has 0 aliphatic carbocycles. The molecule has 54 valence electrons. The average molecular weight is 130 g/mol. The lowest BCUT2D eigenvalue weighted by Gasteiger charge is -1.96. The van der Waals surface area contributed by atoms with E-state index < -0.39 is 0 Å². The first-order valence-corrected chi connectivity index (χ1v) is 3.21. The molecule has 0 saturated heterocycles. The Morgan fingerprint density at radius 2 is 2.33 bits per heavy atom. The van der Waals surface area contributed by atoms with Gasteiger partial charge in [-0.05, 0) is 13.3 Å². The first-order valence-electron chi connectivity index (χ1n) is 3.21. The van der Waals surface area contributed by atoms with Gasteiger partial charge in [0.25, 0.3) is 0 Å². The van der Waals surface area contributed by atoms with Crippen LogP contribution >= 0.6 is 0 Å². The molecule has 0 atom stereocenters. The first-order chi connectivity index (χ1) is 4.41. The second-order valence-corrected chi connectivity index (χ2v) is 1.72. The van der Waals surface area contributed by atoms with Crippen LogP contribution in [0, 0.1) is 0 Å². The van der Waals surface area contributed by atoms with Crippen LogP contribution in [0.4, 0.5) is 0 Å². The summed E-state index contributed by atoms with van der Waals surface area (Å²) < 4.78 is 5.07. The van der Waals surface area contributed by atoms with Gasteiger partial charge in [0.05, 0.1) is 6.61 Å². The number of ether oxygens (including phenoxy) is 1. The van der Waals surface area contributed by atoms with Crippen LogP contribution in [-0.2, 0) is 4.74 Å². The Kier molecular flexibility index (Phi) is 7.37.